The maximum atomic E-state index is 12.6. The highest BCUT2D eigenvalue weighted by Gasteiger charge is 2.26. The zero-order valence-corrected chi connectivity index (χ0v) is 16.0. The van der Waals surface area contributed by atoms with E-state index in [1.54, 1.807) is 6.08 Å². The van der Waals surface area contributed by atoms with Gasteiger partial charge in [-0.1, -0.05) is 24.3 Å². The van der Waals surface area contributed by atoms with Gasteiger partial charge in [-0.3, -0.25) is 9.20 Å². The summed E-state index contributed by atoms with van der Waals surface area (Å²) in [6.07, 6.45) is 7.27. The number of nitrogens with zero attached hydrogens (tertiary/aromatic N) is 4. The highest BCUT2D eigenvalue weighted by atomic mass is 16.5. The minimum absolute atomic E-state index is 0.0378. The summed E-state index contributed by atoms with van der Waals surface area (Å²) in [6, 6.07) is 13.7. The van der Waals surface area contributed by atoms with Crippen molar-refractivity contribution in [3.05, 3.63) is 66.1 Å². The van der Waals surface area contributed by atoms with Crippen molar-refractivity contribution in [2.45, 2.75) is 25.7 Å². The number of hydrogen-bond acceptors (Lipinski definition) is 4. The molecule has 1 aliphatic heterocycles. The monoisotopic (exact) mass is 376 g/mol. The molecule has 6 heteroatoms. The second-order valence-electron chi connectivity index (χ2n) is 6.89. The van der Waals surface area contributed by atoms with Crippen LogP contribution < -0.4 is 4.74 Å². The molecule has 0 aliphatic carbocycles. The molecule has 0 unspecified atom stereocenters. The van der Waals surface area contributed by atoms with Crippen LogP contribution in [-0.2, 0) is 4.79 Å². The van der Waals surface area contributed by atoms with Crippen LogP contribution in [0.5, 0.6) is 5.75 Å². The number of ether oxygens (including phenoxy) is 1. The van der Waals surface area contributed by atoms with E-state index in [2.05, 4.69) is 10.2 Å². The van der Waals surface area contributed by atoms with E-state index in [1.165, 1.54) is 0 Å². The van der Waals surface area contributed by atoms with E-state index in [4.69, 9.17) is 4.74 Å². The Morgan fingerprint density at radius 3 is 2.75 bits per heavy atom. The number of hydrogen-bond donors (Lipinski definition) is 0. The molecular formula is C22H24N4O2. The lowest BCUT2D eigenvalue weighted by atomic mass is 9.96. The van der Waals surface area contributed by atoms with E-state index in [0.717, 1.165) is 48.7 Å². The van der Waals surface area contributed by atoms with Gasteiger partial charge in [0.05, 0.1) is 6.61 Å². The number of carbonyl (C=O) groups excluding carboxylic acids is 1. The first kappa shape index (κ1) is 18.2. The van der Waals surface area contributed by atoms with E-state index in [9.17, 15) is 4.79 Å². The number of benzene rings is 1. The largest absolute Gasteiger partial charge is 0.493 e. The first-order valence-corrected chi connectivity index (χ1v) is 9.74. The molecule has 1 amide bonds. The van der Waals surface area contributed by atoms with Crippen molar-refractivity contribution in [2.75, 3.05) is 19.7 Å². The molecule has 6 nitrogen and oxygen atoms in total. The molecule has 0 radical (unpaired) electrons. The van der Waals surface area contributed by atoms with Crippen molar-refractivity contribution in [1.29, 1.82) is 0 Å². The summed E-state index contributed by atoms with van der Waals surface area (Å²) in [4.78, 5) is 14.5. The molecule has 1 fully saturated rings. The molecule has 0 bridgehead atoms. The van der Waals surface area contributed by atoms with Gasteiger partial charge in [0.15, 0.2) is 5.65 Å². The standard InChI is InChI=1S/C22H24N4O2/c1-2-28-19-8-4-3-7-17(19)10-11-21(27)25-15-12-18(13-16-25)22-24-23-20-9-5-6-14-26(20)22/h3-11,14,18H,2,12-13,15-16H2,1H3/b11-10+. The molecule has 1 saturated heterocycles. The predicted molar refractivity (Wildman–Crippen MR) is 108 cm³/mol. The molecule has 144 valence electrons. The van der Waals surface area contributed by atoms with Gasteiger partial charge in [-0.25, -0.2) is 0 Å². The summed E-state index contributed by atoms with van der Waals surface area (Å²) in [7, 11) is 0. The van der Waals surface area contributed by atoms with Crippen molar-refractivity contribution >= 4 is 17.6 Å². The first-order valence-electron chi connectivity index (χ1n) is 9.74. The molecule has 0 spiro atoms. The fourth-order valence-electron chi connectivity index (χ4n) is 3.67. The number of aromatic nitrogens is 3. The number of likely N-dealkylation sites (tertiary alicyclic amines) is 1. The molecule has 3 aromatic rings. The molecule has 0 atom stereocenters. The zero-order valence-electron chi connectivity index (χ0n) is 16.0. The number of pyridine rings is 1. The Bertz CT molecular complexity index is 987. The van der Waals surface area contributed by atoms with Gasteiger partial charge in [-0.15, -0.1) is 10.2 Å². The van der Waals surface area contributed by atoms with E-state index < -0.39 is 0 Å². The Hall–Kier alpha value is -3.15. The maximum absolute atomic E-state index is 12.6. The van der Waals surface area contributed by atoms with Crippen molar-refractivity contribution in [3.63, 3.8) is 0 Å². The molecule has 1 aliphatic rings. The van der Waals surface area contributed by atoms with Crippen molar-refractivity contribution in [1.82, 2.24) is 19.5 Å². The third-order valence-corrected chi connectivity index (χ3v) is 5.14. The Morgan fingerprint density at radius 2 is 1.93 bits per heavy atom. The number of para-hydroxylation sites is 1. The molecule has 28 heavy (non-hydrogen) atoms. The van der Waals surface area contributed by atoms with Crippen molar-refractivity contribution < 1.29 is 9.53 Å². The normalized spacial score (nSPS) is 15.4. The fourth-order valence-corrected chi connectivity index (χ4v) is 3.67. The van der Waals surface area contributed by atoms with Crippen LogP contribution in [0.4, 0.5) is 0 Å². The van der Waals surface area contributed by atoms with Crippen LogP contribution in [0.15, 0.2) is 54.7 Å². The van der Waals surface area contributed by atoms with Crippen LogP contribution in [0.1, 0.15) is 37.1 Å². The van der Waals surface area contributed by atoms with Gasteiger partial charge < -0.3 is 9.64 Å². The zero-order chi connectivity index (χ0) is 19.3. The Balaban J connectivity index is 1.39. The summed E-state index contributed by atoms with van der Waals surface area (Å²) in [6.45, 7) is 4.00. The fraction of sp³-hybridized carbons (Fsp3) is 0.318. The first-order chi connectivity index (χ1) is 13.8. The Kier molecular flexibility index (Phi) is 5.37. The van der Waals surface area contributed by atoms with Gasteiger partial charge in [0.2, 0.25) is 5.91 Å². The third-order valence-electron chi connectivity index (χ3n) is 5.14. The summed E-state index contributed by atoms with van der Waals surface area (Å²) in [5, 5.41) is 8.62. The average Bonchev–Trinajstić information content (AvgIpc) is 3.17. The molecule has 0 N–H and O–H groups in total. The van der Waals surface area contributed by atoms with Gasteiger partial charge in [-0.05, 0) is 44.0 Å². The Morgan fingerprint density at radius 1 is 1.14 bits per heavy atom. The number of carbonyl (C=O) groups is 1. The van der Waals surface area contributed by atoms with Crippen molar-refractivity contribution in [2.24, 2.45) is 0 Å². The van der Waals surface area contributed by atoms with Crippen LogP contribution in [0, 0.1) is 0 Å². The van der Waals surface area contributed by atoms with Crippen LogP contribution in [0.25, 0.3) is 11.7 Å². The van der Waals surface area contributed by atoms with E-state index in [0.29, 0.717) is 12.5 Å². The summed E-state index contributed by atoms with van der Waals surface area (Å²) in [5.41, 5.74) is 1.79. The SMILES string of the molecule is CCOc1ccccc1/C=C/C(=O)N1CCC(c2nnc3ccccn23)CC1. The molecule has 1 aromatic carbocycles. The molecule has 2 aromatic heterocycles. The van der Waals surface area contributed by atoms with E-state index in [-0.39, 0.29) is 5.91 Å². The number of rotatable bonds is 5. The van der Waals surface area contributed by atoms with E-state index in [1.807, 2.05) is 71.0 Å². The van der Waals surface area contributed by atoms with Crippen LogP contribution in [-0.4, -0.2) is 45.1 Å². The topological polar surface area (TPSA) is 59.7 Å². The lowest BCUT2D eigenvalue weighted by Crippen LogP contribution is -2.37. The second kappa shape index (κ2) is 8.25. The highest BCUT2D eigenvalue weighted by Crippen LogP contribution is 2.27. The second-order valence-corrected chi connectivity index (χ2v) is 6.89. The molecule has 4 rings (SSSR count). The minimum Gasteiger partial charge on any atom is -0.493 e. The maximum Gasteiger partial charge on any atom is 0.246 e. The lowest BCUT2D eigenvalue weighted by molar-refractivity contribution is -0.127. The third kappa shape index (κ3) is 3.76. The summed E-state index contributed by atoms with van der Waals surface area (Å²) < 4.78 is 7.66. The summed E-state index contributed by atoms with van der Waals surface area (Å²) in [5.74, 6) is 2.15. The van der Waals surface area contributed by atoms with Crippen LogP contribution in [0.3, 0.4) is 0 Å². The summed E-state index contributed by atoms with van der Waals surface area (Å²) >= 11 is 0. The highest BCUT2D eigenvalue weighted by molar-refractivity contribution is 5.92. The molecular weight excluding hydrogens is 352 g/mol. The predicted octanol–water partition coefficient (Wildman–Crippen LogP) is 3.55. The van der Waals surface area contributed by atoms with Crippen molar-refractivity contribution in [3.8, 4) is 5.75 Å². The van der Waals surface area contributed by atoms with Crippen LogP contribution in [0.2, 0.25) is 0 Å². The quantitative estimate of drug-likeness (QED) is 0.639. The van der Waals surface area contributed by atoms with Gasteiger partial charge >= 0.3 is 0 Å². The van der Waals surface area contributed by atoms with Gasteiger partial charge in [0.25, 0.3) is 0 Å². The Labute approximate surface area is 164 Å². The molecule has 3 heterocycles. The average molecular weight is 376 g/mol. The number of piperidine rings is 1. The van der Waals surface area contributed by atoms with Gasteiger partial charge in [-0.2, -0.15) is 0 Å². The number of amides is 1. The van der Waals surface area contributed by atoms with Gasteiger partial charge in [0.1, 0.15) is 11.6 Å². The lowest BCUT2D eigenvalue weighted by Gasteiger charge is -2.30. The number of fused-ring (bicyclic) bond motifs is 1. The van der Waals surface area contributed by atoms with Gasteiger partial charge in [0, 0.05) is 36.8 Å². The van der Waals surface area contributed by atoms with Crippen LogP contribution >= 0.6 is 0 Å². The van der Waals surface area contributed by atoms with E-state index >= 15 is 0 Å². The minimum atomic E-state index is 0.0378. The smallest absolute Gasteiger partial charge is 0.246 e. The molecule has 0 saturated carbocycles.